The van der Waals surface area contributed by atoms with E-state index in [2.05, 4.69) is 5.10 Å². The Morgan fingerprint density at radius 2 is 1.96 bits per heavy atom. The van der Waals surface area contributed by atoms with E-state index in [1.165, 1.54) is 12.1 Å². The van der Waals surface area contributed by atoms with Crippen LogP contribution in [0.5, 0.6) is 0 Å². The van der Waals surface area contributed by atoms with E-state index in [4.69, 9.17) is 0 Å². The monoisotopic (exact) mass is 354 g/mol. The zero-order valence-corrected chi connectivity index (χ0v) is 14.0. The van der Waals surface area contributed by atoms with Crippen molar-refractivity contribution in [2.75, 3.05) is 0 Å². The SMILES string of the molecule is Cc1cccc(C(=O)N2N=C(C3CCCCC3)C[C@@]2(O)C(F)(F)F)c1. The second-order valence-electron chi connectivity index (χ2n) is 6.90. The van der Waals surface area contributed by atoms with Gasteiger partial charge in [0.25, 0.3) is 11.6 Å². The first-order valence-electron chi connectivity index (χ1n) is 8.50. The van der Waals surface area contributed by atoms with Crippen molar-refractivity contribution < 1.29 is 23.1 Å². The molecule has 0 unspecified atom stereocenters. The Balaban J connectivity index is 1.96. The van der Waals surface area contributed by atoms with Gasteiger partial charge in [-0.25, -0.2) is 0 Å². The van der Waals surface area contributed by atoms with Gasteiger partial charge in [0.15, 0.2) is 0 Å². The molecule has 2 aliphatic rings. The average Bonchev–Trinajstić information content (AvgIpc) is 2.94. The lowest BCUT2D eigenvalue weighted by Gasteiger charge is -2.32. The first-order valence-corrected chi connectivity index (χ1v) is 8.50. The van der Waals surface area contributed by atoms with Crippen LogP contribution < -0.4 is 0 Å². The number of carbonyl (C=O) groups is 1. The highest BCUT2D eigenvalue weighted by Crippen LogP contribution is 2.43. The van der Waals surface area contributed by atoms with E-state index in [9.17, 15) is 23.1 Å². The van der Waals surface area contributed by atoms with Crippen molar-refractivity contribution in [3.05, 3.63) is 35.4 Å². The number of nitrogens with zero attached hydrogens (tertiary/aromatic N) is 2. The maximum Gasteiger partial charge on any atom is 0.438 e. The number of aryl methyl sites for hydroxylation is 1. The van der Waals surface area contributed by atoms with E-state index >= 15 is 0 Å². The first kappa shape index (κ1) is 17.9. The number of carbonyl (C=O) groups excluding carboxylic acids is 1. The molecule has 1 N–H and O–H groups in total. The van der Waals surface area contributed by atoms with Gasteiger partial charge < -0.3 is 5.11 Å². The summed E-state index contributed by atoms with van der Waals surface area (Å²) in [5.74, 6) is -1.03. The molecule has 4 nitrogen and oxygen atoms in total. The Bertz CT molecular complexity index is 696. The van der Waals surface area contributed by atoms with E-state index < -0.39 is 24.2 Å². The number of aliphatic hydroxyl groups is 1. The molecule has 1 heterocycles. The second kappa shape index (κ2) is 6.44. The van der Waals surface area contributed by atoms with Gasteiger partial charge in [-0.05, 0) is 37.8 Å². The molecule has 136 valence electrons. The summed E-state index contributed by atoms with van der Waals surface area (Å²) in [4.78, 5) is 12.6. The summed E-state index contributed by atoms with van der Waals surface area (Å²) in [6, 6.07) is 6.26. The molecule has 0 saturated heterocycles. The third kappa shape index (κ3) is 3.29. The number of hydrogen-bond acceptors (Lipinski definition) is 3. The molecule has 3 rings (SSSR count). The van der Waals surface area contributed by atoms with Crippen molar-refractivity contribution in [2.45, 2.75) is 57.3 Å². The van der Waals surface area contributed by atoms with Gasteiger partial charge in [0.1, 0.15) is 0 Å². The molecule has 0 bridgehead atoms. The number of halogens is 3. The van der Waals surface area contributed by atoms with Crippen LogP contribution in [0.1, 0.15) is 54.4 Å². The largest absolute Gasteiger partial charge is 0.438 e. The molecule has 25 heavy (non-hydrogen) atoms. The lowest BCUT2D eigenvalue weighted by molar-refractivity contribution is -0.297. The fourth-order valence-corrected chi connectivity index (χ4v) is 3.57. The maximum absolute atomic E-state index is 13.6. The van der Waals surface area contributed by atoms with Crippen molar-refractivity contribution in [2.24, 2.45) is 11.0 Å². The van der Waals surface area contributed by atoms with E-state index in [0.717, 1.165) is 37.7 Å². The number of hydrazone groups is 1. The highest BCUT2D eigenvalue weighted by atomic mass is 19.4. The summed E-state index contributed by atoms with van der Waals surface area (Å²) in [7, 11) is 0. The van der Waals surface area contributed by atoms with Crippen molar-refractivity contribution in [3.8, 4) is 0 Å². The first-order chi connectivity index (χ1) is 11.7. The summed E-state index contributed by atoms with van der Waals surface area (Å²) in [5, 5.41) is 14.6. The van der Waals surface area contributed by atoms with Crippen LogP contribution >= 0.6 is 0 Å². The van der Waals surface area contributed by atoms with E-state index in [-0.39, 0.29) is 22.2 Å². The van der Waals surface area contributed by atoms with Crippen LogP contribution in [0.2, 0.25) is 0 Å². The van der Waals surface area contributed by atoms with Gasteiger partial charge in [-0.1, -0.05) is 37.0 Å². The minimum absolute atomic E-state index is 0.0799. The van der Waals surface area contributed by atoms with Crippen LogP contribution in [-0.2, 0) is 0 Å². The highest BCUT2D eigenvalue weighted by Gasteiger charge is 2.63. The van der Waals surface area contributed by atoms with Gasteiger partial charge in [-0.2, -0.15) is 23.3 Å². The lowest BCUT2D eigenvalue weighted by Crippen LogP contribution is -2.56. The minimum atomic E-state index is -4.98. The van der Waals surface area contributed by atoms with Crippen LogP contribution in [-0.4, -0.2) is 33.6 Å². The molecule has 0 spiro atoms. The lowest BCUT2D eigenvalue weighted by atomic mass is 9.83. The third-order valence-corrected chi connectivity index (χ3v) is 4.99. The molecule has 1 atom stereocenters. The fourth-order valence-electron chi connectivity index (χ4n) is 3.57. The predicted molar refractivity (Wildman–Crippen MR) is 87.0 cm³/mol. The Morgan fingerprint density at radius 3 is 2.56 bits per heavy atom. The van der Waals surface area contributed by atoms with Crippen molar-refractivity contribution in [1.82, 2.24) is 5.01 Å². The number of alkyl halides is 3. The molecule has 7 heteroatoms. The topological polar surface area (TPSA) is 52.9 Å². The summed E-state index contributed by atoms with van der Waals surface area (Å²) in [6.45, 7) is 1.74. The molecular weight excluding hydrogens is 333 g/mol. The Hall–Kier alpha value is -1.89. The molecular formula is C18H21F3N2O2. The molecule has 0 aromatic heterocycles. The average molecular weight is 354 g/mol. The summed E-state index contributed by atoms with van der Waals surface area (Å²) < 4.78 is 40.7. The number of rotatable bonds is 2. The molecule has 1 aromatic carbocycles. The van der Waals surface area contributed by atoms with Crippen LogP contribution in [0.4, 0.5) is 13.2 Å². The third-order valence-electron chi connectivity index (χ3n) is 4.99. The smallest absolute Gasteiger partial charge is 0.362 e. The predicted octanol–water partition coefficient (Wildman–Crippen LogP) is 4.03. The quantitative estimate of drug-likeness (QED) is 0.872. The number of amides is 1. The summed E-state index contributed by atoms with van der Waals surface area (Å²) >= 11 is 0. The van der Waals surface area contributed by atoms with Crippen molar-refractivity contribution in [1.29, 1.82) is 0 Å². The second-order valence-corrected chi connectivity index (χ2v) is 6.90. The van der Waals surface area contributed by atoms with Gasteiger partial charge >= 0.3 is 6.18 Å². The zero-order valence-electron chi connectivity index (χ0n) is 14.0. The van der Waals surface area contributed by atoms with Gasteiger partial charge in [0, 0.05) is 17.7 Å². The van der Waals surface area contributed by atoms with Crippen molar-refractivity contribution in [3.63, 3.8) is 0 Å². The molecule has 0 radical (unpaired) electrons. The molecule has 1 aromatic rings. The Kier molecular flexibility index (Phi) is 4.62. The maximum atomic E-state index is 13.6. The van der Waals surface area contributed by atoms with Crippen LogP contribution in [0.3, 0.4) is 0 Å². The number of benzene rings is 1. The van der Waals surface area contributed by atoms with E-state index in [0.29, 0.717) is 0 Å². The normalized spacial score (nSPS) is 25.2. The van der Waals surface area contributed by atoms with Crippen LogP contribution in [0.15, 0.2) is 29.4 Å². The van der Waals surface area contributed by atoms with Crippen LogP contribution in [0.25, 0.3) is 0 Å². The molecule has 1 amide bonds. The fraction of sp³-hybridized carbons (Fsp3) is 0.556. The zero-order chi connectivity index (χ0) is 18.2. The Labute approximate surface area is 144 Å². The Morgan fingerprint density at radius 1 is 1.28 bits per heavy atom. The van der Waals surface area contributed by atoms with E-state index in [1.807, 2.05) is 0 Å². The molecule has 1 fully saturated rings. The molecule has 1 aliphatic carbocycles. The highest BCUT2D eigenvalue weighted by molar-refractivity contribution is 5.99. The van der Waals surface area contributed by atoms with Gasteiger partial charge in [0.05, 0.1) is 0 Å². The van der Waals surface area contributed by atoms with E-state index in [1.54, 1.807) is 19.1 Å². The molecule has 1 aliphatic heterocycles. The number of hydrogen-bond donors (Lipinski definition) is 1. The minimum Gasteiger partial charge on any atom is -0.362 e. The standard InChI is InChI=1S/C18H21F3N2O2/c1-12-6-5-9-14(10-12)16(24)23-17(25,18(19,20)21)11-15(22-23)13-7-3-2-4-8-13/h5-6,9-10,13,25H,2-4,7-8,11H2,1H3/t17-/m1/s1. The van der Waals surface area contributed by atoms with Crippen molar-refractivity contribution >= 4 is 11.6 Å². The molecule has 1 saturated carbocycles. The van der Waals surface area contributed by atoms with Gasteiger partial charge in [0.2, 0.25) is 0 Å². The van der Waals surface area contributed by atoms with Gasteiger partial charge in [-0.3, -0.25) is 4.79 Å². The summed E-state index contributed by atoms with van der Waals surface area (Å²) in [6.07, 6.45) is -1.23. The van der Waals surface area contributed by atoms with Gasteiger partial charge in [-0.15, -0.1) is 0 Å². The van der Waals surface area contributed by atoms with Crippen LogP contribution in [0, 0.1) is 12.8 Å². The summed E-state index contributed by atoms with van der Waals surface area (Å²) in [5.41, 5.74) is -2.17.